The van der Waals surface area contributed by atoms with E-state index in [1.165, 1.54) is 6.07 Å². The molecule has 0 atom stereocenters. The lowest BCUT2D eigenvalue weighted by atomic mass is 10.2. The van der Waals surface area contributed by atoms with Gasteiger partial charge in [0.1, 0.15) is 5.82 Å². The van der Waals surface area contributed by atoms with E-state index in [4.69, 9.17) is 0 Å². The Morgan fingerprint density at radius 1 is 1.37 bits per heavy atom. The van der Waals surface area contributed by atoms with E-state index in [9.17, 15) is 9.18 Å². The summed E-state index contributed by atoms with van der Waals surface area (Å²) in [5.41, 5.74) is 1.00. The van der Waals surface area contributed by atoms with Gasteiger partial charge in [-0.2, -0.15) is 0 Å². The number of nitrogens with zero attached hydrogens (tertiary/aromatic N) is 1. The quantitative estimate of drug-likeness (QED) is 0.843. The molecule has 1 saturated heterocycles. The molecule has 1 fully saturated rings. The summed E-state index contributed by atoms with van der Waals surface area (Å²) in [5.74, 6) is -0.0294. The molecule has 3 nitrogen and oxygen atoms in total. The second-order valence-electron chi connectivity index (χ2n) is 4.76. The van der Waals surface area contributed by atoms with Crippen molar-refractivity contribution >= 4 is 21.8 Å². The number of amides is 1. The molecule has 1 aromatic carbocycles. The predicted octanol–water partition coefficient (Wildman–Crippen LogP) is 2.69. The highest BCUT2D eigenvalue weighted by atomic mass is 79.9. The van der Waals surface area contributed by atoms with Crippen LogP contribution in [0.15, 0.2) is 22.7 Å². The number of hydrogen-bond acceptors (Lipinski definition) is 2. The molecule has 1 aliphatic heterocycles. The smallest absolute Gasteiger partial charge is 0.223 e. The van der Waals surface area contributed by atoms with Crippen LogP contribution in [0.5, 0.6) is 0 Å². The van der Waals surface area contributed by atoms with Crippen LogP contribution in [0.4, 0.5) is 4.39 Å². The highest BCUT2D eigenvalue weighted by Gasteiger charge is 2.16. The zero-order valence-electron chi connectivity index (χ0n) is 10.8. The number of benzene rings is 1. The summed E-state index contributed by atoms with van der Waals surface area (Å²) >= 11 is 3.16. The van der Waals surface area contributed by atoms with Crippen molar-refractivity contribution < 1.29 is 9.18 Å². The highest BCUT2D eigenvalue weighted by Crippen LogP contribution is 2.16. The van der Waals surface area contributed by atoms with Crippen LogP contribution in [0.1, 0.15) is 24.8 Å². The number of hydrogen-bond donors (Lipinski definition) is 1. The lowest BCUT2D eigenvalue weighted by molar-refractivity contribution is -0.130. The van der Waals surface area contributed by atoms with Gasteiger partial charge in [-0.25, -0.2) is 4.39 Å². The zero-order valence-corrected chi connectivity index (χ0v) is 12.4. The molecule has 5 heteroatoms. The van der Waals surface area contributed by atoms with Gasteiger partial charge in [-0.05, 0) is 46.5 Å². The standard InChI is InChI=1S/C14H18BrFN2O/c15-12-9-11(3-4-13(12)16)10-17-6-5-14(19)18-7-1-2-8-18/h3-4,9,17H,1-2,5-8,10H2. The highest BCUT2D eigenvalue weighted by molar-refractivity contribution is 9.10. The second-order valence-corrected chi connectivity index (χ2v) is 5.62. The topological polar surface area (TPSA) is 32.3 Å². The lowest BCUT2D eigenvalue weighted by Gasteiger charge is -2.15. The summed E-state index contributed by atoms with van der Waals surface area (Å²) in [6.45, 7) is 3.12. The zero-order chi connectivity index (χ0) is 13.7. The number of carbonyl (C=O) groups is 1. The SMILES string of the molecule is O=C(CCNCc1ccc(F)c(Br)c1)N1CCCC1. The van der Waals surface area contributed by atoms with E-state index in [2.05, 4.69) is 21.2 Å². The maximum Gasteiger partial charge on any atom is 0.223 e. The monoisotopic (exact) mass is 328 g/mol. The third-order valence-electron chi connectivity index (χ3n) is 3.29. The summed E-state index contributed by atoms with van der Waals surface area (Å²) < 4.78 is 13.5. The average Bonchev–Trinajstić information content (AvgIpc) is 2.92. The third-order valence-corrected chi connectivity index (χ3v) is 3.90. The molecule has 104 valence electrons. The van der Waals surface area contributed by atoms with Gasteiger partial charge in [0.25, 0.3) is 0 Å². The predicted molar refractivity (Wildman–Crippen MR) is 76.2 cm³/mol. The van der Waals surface area contributed by atoms with Crippen LogP contribution in [0, 0.1) is 5.82 Å². The molecule has 1 aromatic rings. The molecule has 19 heavy (non-hydrogen) atoms. The second kappa shape index (κ2) is 7.01. The largest absolute Gasteiger partial charge is 0.343 e. The normalized spacial score (nSPS) is 14.9. The van der Waals surface area contributed by atoms with Gasteiger partial charge < -0.3 is 10.2 Å². The van der Waals surface area contributed by atoms with Crippen LogP contribution in [0.3, 0.4) is 0 Å². The Kier molecular flexibility index (Phi) is 5.34. The van der Waals surface area contributed by atoms with Crippen molar-refractivity contribution in [1.82, 2.24) is 10.2 Å². The van der Waals surface area contributed by atoms with Crippen molar-refractivity contribution in [3.63, 3.8) is 0 Å². The van der Waals surface area contributed by atoms with Crippen molar-refractivity contribution in [1.29, 1.82) is 0 Å². The maximum absolute atomic E-state index is 13.0. The Morgan fingerprint density at radius 3 is 2.79 bits per heavy atom. The van der Waals surface area contributed by atoms with E-state index in [1.54, 1.807) is 12.1 Å². The van der Waals surface area contributed by atoms with Crippen molar-refractivity contribution in [3.05, 3.63) is 34.1 Å². The Morgan fingerprint density at radius 2 is 2.11 bits per heavy atom. The minimum absolute atomic E-state index is 0.227. The molecule has 0 spiro atoms. The summed E-state index contributed by atoms with van der Waals surface area (Å²) in [7, 11) is 0. The molecule has 0 unspecified atom stereocenters. The van der Waals surface area contributed by atoms with Gasteiger partial charge in [-0.3, -0.25) is 4.79 Å². The van der Waals surface area contributed by atoms with Crippen LogP contribution in [0.2, 0.25) is 0 Å². The van der Waals surface area contributed by atoms with Crippen molar-refractivity contribution in [2.75, 3.05) is 19.6 Å². The van der Waals surface area contributed by atoms with E-state index >= 15 is 0 Å². The van der Waals surface area contributed by atoms with Crippen molar-refractivity contribution in [2.24, 2.45) is 0 Å². The maximum atomic E-state index is 13.0. The molecule has 0 aliphatic carbocycles. The van der Waals surface area contributed by atoms with Gasteiger partial charge in [0.2, 0.25) is 5.91 Å². The number of rotatable bonds is 5. The van der Waals surface area contributed by atoms with Crippen LogP contribution >= 0.6 is 15.9 Å². The third kappa shape index (κ3) is 4.28. The first-order chi connectivity index (χ1) is 9.16. The van der Waals surface area contributed by atoms with E-state index in [0.29, 0.717) is 24.0 Å². The van der Waals surface area contributed by atoms with E-state index in [0.717, 1.165) is 31.5 Å². The Labute approximate surface area is 121 Å². The lowest BCUT2D eigenvalue weighted by Crippen LogP contribution is -2.30. The van der Waals surface area contributed by atoms with Crippen LogP contribution in [-0.4, -0.2) is 30.4 Å². The molecular formula is C14H18BrFN2O. The minimum atomic E-state index is -0.257. The molecular weight excluding hydrogens is 311 g/mol. The number of nitrogens with one attached hydrogen (secondary N) is 1. The summed E-state index contributed by atoms with van der Waals surface area (Å²) in [4.78, 5) is 13.7. The van der Waals surface area contributed by atoms with Gasteiger partial charge in [0.15, 0.2) is 0 Å². The molecule has 2 rings (SSSR count). The van der Waals surface area contributed by atoms with Gasteiger partial charge in [0, 0.05) is 32.6 Å². The Bertz CT molecular complexity index is 447. The average molecular weight is 329 g/mol. The fraction of sp³-hybridized carbons (Fsp3) is 0.500. The first-order valence-electron chi connectivity index (χ1n) is 6.59. The van der Waals surface area contributed by atoms with Crippen molar-refractivity contribution in [2.45, 2.75) is 25.8 Å². The van der Waals surface area contributed by atoms with Gasteiger partial charge >= 0.3 is 0 Å². The first-order valence-corrected chi connectivity index (χ1v) is 7.38. The summed E-state index contributed by atoms with van der Waals surface area (Å²) in [6.07, 6.45) is 2.79. The minimum Gasteiger partial charge on any atom is -0.343 e. The van der Waals surface area contributed by atoms with E-state index < -0.39 is 0 Å². The number of likely N-dealkylation sites (tertiary alicyclic amines) is 1. The molecule has 0 aromatic heterocycles. The van der Waals surface area contributed by atoms with Crippen LogP contribution < -0.4 is 5.32 Å². The number of carbonyl (C=O) groups excluding carboxylic acids is 1. The summed E-state index contributed by atoms with van der Waals surface area (Å²) in [5, 5.41) is 3.21. The fourth-order valence-corrected chi connectivity index (χ4v) is 2.63. The first kappa shape index (κ1) is 14.5. The molecule has 0 saturated carbocycles. The molecule has 1 aliphatic rings. The fourth-order valence-electron chi connectivity index (χ4n) is 2.20. The number of halogens is 2. The van der Waals surface area contributed by atoms with E-state index in [-0.39, 0.29) is 11.7 Å². The van der Waals surface area contributed by atoms with Gasteiger partial charge in [-0.15, -0.1) is 0 Å². The molecule has 1 heterocycles. The van der Waals surface area contributed by atoms with Gasteiger partial charge in [0.05, 0.1) is 4.47 Å². The Hall–Kier alpha value is -0.940. The molecule has 0 radical (unpaired) electrons. The van der Waals surface area contributed by atoms with E-state index in [1.807, 2.05) is 4.90 Å². The molecule has 1 N–H and O–H groups in total. The molecule has 0 bridgehead atoms. The summed E-state index contributed by atoms with van der Waals surface area (Å²) in [6, 6.07) is 4.94. The van der Waals surface area contributed by atoms with Crippen molar-refractivity contribution in [3.8, 4) is 0 Å². The molecule has 1 amide bonds. The van der Waals surface area contributed by atoms with Crippen LogP contribution in [-0.2, 0) is 11.3 Å². The Balaban J connectivity index is 1.68. The van der Waals surface area contributed by atoms with Gasteiger partial charge in [-0.1, -0.05) is 6.07 Å². The van der Waals surface area contributed by atoms with Crippen LogP contribution in [0.25, 0.3) is 0 Å².